The van der Waals surface area contributed by atoms with Gasteiger partial charge in [0, 0.05) is 53.5 Å². The van der Waals surface area contributed by atoms with E-state index < -0.39 is 155 Å². The summed E-state index contributed by atoms with van der Waals surface area (Å²) in [6.45, 7) is 28.4. The molecule has 11 atom stereocenters. The molecule has 0 aromatic heterocycles. The summed E-state index contributed by atoms with van der Waals surface area (Å²) in [6.07, 6.45) is -0.179. The predicted molar refractivity (Wildman–Crippen MR) is 337 cm³/mol. The molecule has 3 heterocycles. The van der Waals surface area contributed by atoms with E-state index >= 15 is 24.0 Å². The Hall–Kier alpha value is -6.39. The van der Waals surface area contributed by atoms with Gasteiger partial charge in [-0.25, -0.2) is 4.79 Å². The monoisotopic (exact) mass is 1230 g/mol. The van der Waals surface area contributed by atoms with Gasteiger partial charge in [0.25, 0.3) is 5.91 Å². The van der Waals surface area contributed by atoms with E-state index in [2.05, 4.69) is 16.0 Å². The van der Waals surface area contributed by atoms with Crippen molar-refractivity contribution in [1.82, 2.24) is 40.4 Å². The summed E-state index contributed by atoms with van der Waals surface area (Å²) < 4.78 is 19.0. The molecule has 0 radical (unpaired) electrons. The third-order valence-corrected chi connectivity index (χ3v) is 18.4. The number of hydrogen-bond donors (Lipinski definition) is 4. The van der Waals surface area contributed by atoms with Crippen molar-refractivity contribution in [2.24, 2.45) is 29.6 Å². The van der Waals surface area contributed by atoms with Crippen molar-refractivity contribution >= 4 is 65.8 Å². The van der Waals surface area contributed by atoms with Gasteiger partial charge in [-0.15, -0.1) is 0 Å². The number of carbonyl (C=O) groups is 9. The normalized spacial score (nSPS) is 27.2. The van der Waals surface area contributed by atoms with Gasteiger partial charge in [-0.05, 0) is 107 Å². The molecule has 5 rings (SSSR count). The maximum Gasteiger partial charge on any atom is 0.494 e. The predicted octanol–water partition coefficient (Wildman–Crippen LogP) is 4.67. The van der Waals surface area contributed by atoms with E-state index in [9.17, 15) is 24.3 Å². The lowest BCUT2D eigenvalue weighted by molar-refractivity contribution is -0.177. The first-order valence-corrected chi connectivity index (χ1v) is 31.6. The Bertz CT molecular complexity index is 2790. The number of benzene rings is 2. The second-order valence-electron chi connectivity index (χ2n) is 27.5. The largest absolute Gasteiger partial charge is 0.494 e. The molecule has 3 fully saturated rings. The quantitative estimate of drug-likeness (QED) is 0.148. The Balaban J connectivity index is 1.73. The third kappa shape index (κ3) is 16.9. The van der Waals surface area contributed by atoms with E-state index in [1.807, 2.05) is 78.8 Å². The van der Waals surface area contributed by atoms with Crippen molar-refractivity contribution in [3.05, 3.63) is 65.7 Å². The average molecular weight is 1230 g/mol. The summed E-state index contributed by atoms with van der Waals surface area (Å²) in [6, 6.07) is 5.99. The van der Waals surface area contributed by atoms with Crippen LogP contribution >= 0.6 is 0 Å². The number of likely N-dealkylation sites (N-methyl/N-ethyl adjacent to an activating group) is 4. The molecule has 488 valence electrons. The van der Waals surface area contributed by atoms with E-state index in [-0.39, 0.29) is 38.1 Å². The van der Waals surface area contributed by atoms with E-state index in [4.69, 9.17) is 14.0 Å². The molecule has 0 spiro atoms. The fourth-order valence-corrected chi connectivity index (χ4v) is 12.2. The second kappa shape index (κ2) is 30.0. The Morgan fingerprint density at radius 1 is 0.614 bits per heavy atom. The minimum atomic E-state index is -1.99. The highest BCUT2D eigenvalue weighted by Gasteiger charge is 2.53. The van der Waals surface area contributed by atoms with Crippen molar-refractivity contribution in [2.75, 3.05) is 34.7 Å². The molecule has 0 saturated carbocycles. The standard InChI is InChI=1S/C66H103BN8O13/c1-21-41(9)50-61(82)72(18)51(39(5)6)56(77)68-46(34-38(3)4)59(80)74(20)54(64(11,12)85)63(84)86-53(42(10)22-2)62(83)73(19)52(40(7)8)57(78)69-47(36-43-28-24-23-25-29-43)58(79)71(17)49(60(81)75-33-27-32-48(75)55(76)70-50)37-44-30-26-31-45(35-44)67-87-65(13,14)66(15,16)88-67/h23-26,28-31,35,38-42,46-54,85H,21-22,27,32-34,36-37H2,1-20H3,(H,68,77)(H,69,78)(H,70,76)/t41?,42?,46-,47-,48-,49-,50-,51-,52-,53+,54+/m0/s1. The molecule has 2 aromatic carbocycles. The number of carbonyl (C=O) groups excluding carboxylic acids is 9. The van der Waals surface area contributed by atoms with Gasteiger partial charge in [0.15, 0.2) is 12.1 Å². The average Bonchev–Trinajstić information content (AvgIpc) is 3.38. The number of ether oxygens (including phenoxy) is 1. The van der Waals surface area contributed by atoms with Crippen molar-refractivity contribution in [1.29, 1.82) is 0 Å². The van der Waals surface area contributed by atoms with E-state index in [0.29, 0.717) is 35.9 Å². The Kier molecular flexibility index (Phi) is 24.6. The van der Waals surface area contributed by atoms with Crippen molar-refractivity contribution in [3.8, 4) is 0 Å². The number of aliphatic hydroxyl groups is 1. The van der Waals surface area contributed by atoms with Crippen molar-refractivity contribution < 1.29 is 62.3 Å². The fourth-order valence-electron chi connectivity index (χ4n) is 12.2. The molecule has 8 amide bonds. The second-order valence-corrected chi connectivity index (χ2v) is 27.5. The van der Waals surface area contributed by atoms with Crippen LogP contribution in [0.15, 0.2) is 54.6 Å². The van der Waals surface area contributed by atoms with E-state index in [0.717, 1.165) is 4.90 Å². The van der Waals surface area contributed by atoms with Gasteiger partial charge < -0.3 is 59.6 Å². The number of cyclic esters (lactones) is 1. The number of amides is 8. The summed E-state index contributed by atoms with van der Waals surface area (Å²) in [5, 5.41) is 20.6. The highest BCUT2D eigenvalue weighted by atomic mass is 16.7. The smallest absolute Gasteiger partial charge is 0.450 e. The number of fused-ring (bicyclic) bond motifs is 1. The molecule has 3 aliphatic rings. The molecule has 0 bridgehead atoms. The van der Waals surface area contributed by atoms with Crippen LogP contribution in [0, 0.1) is 29.6 Å². The third-order valence-electron chi connectivity index (χ3n) is 18.4. The number of nitrogens with one attached hydrogen (secondary N) is 3. The van der Waals surface area contributed by atoms with Crippen molar-refractivity contribution in [3.63, 3.8) is 0 Å². The van der Waals surface area contributed by atoms with Gasteiger partial charge in [0.05, 0.1) is 16.8 Å². The molecule has 88 heavy (non-hydrogen) atoms. The first-order valence-electron chi connectivity index (χ1n) is 31.6. The Labute approximate surface area is 523 Å². The zero-order valence-electron chi connectivity index (χ0n) is 56.1. The lowest BCUT2D eigenvalue weighted by Crippen LogP contribution is -2.63. The molecular formula is C66H103BN8O13. The van der Waals surface area contributed by atoms with E-state index in [1.54, 1.807) is 72.7 Å². The minimum Gasteiger partial charge on any atom is -0.450 e. The molecule has 4 N–H and O–H groups in total. The van der Waals surface area contributed by atoms with Gasteiger partial charge >= 0.3 is 13.1 Å². The van der Waals surface area contributed by atoms with Crippen LogP contribution in [0.3, 0.4) is 0 Å². The maximum atomic E-state index is 15.7. The SMILES string of the molecule is CCC(C)[C@@H]1NC(=O)[C@@H]2CCCN2C(=O)[C@H](Cc2cccc(B3OC(C)(C)C(C)(C)O3)c2)N(C)C(=O)[C@H](Cc2ccccc2)NC(=O)[C@H](C(C)C)N(C)C(=O)[C@@H](C(C)CC)OC(=O)[C@H](C(C)(C)O)N(C)C(=O)[C@H](CC(C)C)NC(=O)[C@H](C(C)C)N(C)C1=O. The van der Waals surface area contributed by atoms with Gasteiger partial charge in [0.1, 0.15) is 42.3 Å². The summed E-state index contributed by atoms with van der Waals surface area (Å²) in [4.78, 5) is 142. The minimum absolute atomic E-state index is 0.0424. The van der Waals surface area contributed by atoms with Gasteiger partial charge in [0.2, 0.25) is 41.4 Å². The highest BCUT2D eigenvalue weighted by molar-refractivity contribution is 6.62. The summed E-state index contributed by atoms with van der Waals surface area (Å²) in [5.41, 5.74) is -1.33. The first kappa shape index (κ1) is 72.4. The van der Waals surface area contributed by atoms with Crippen molar-refractivity contribution in [2.45, 2.75) is 227 Å². The van der Waals surface area contributed by atoms with Gasteiger partial charge in [-0.3, -0.25) is 38.4 Å². The molecule has 21 nitrogen and oxygen atoms in total. The molecular weight excluding hydrogens is 1120 g/mol. The van der Waals surface area contributed by atoms with Gasteiger partial charge in [-0.1, -0.05) is 130 Å². The maximum absolute atomic E-state index is 15.7. The molecule has 3 saturated heterocycles. The number of esters is 1. The van der Waals surface area contributed by atoms with Gasteiger partial charge in [-0.2, -0.15) is 0 Å². The lowest BCUT2D eigenvalue weighted by atomic mass is 9.78. The summed E-state index contributed by atoms with van der Waals surface area (Å²) >= 11 is 0. The molecule has 2 aromatic rings. The van der Waals surface area contributed by atoms with Crippen LogP contribution in [0.1, 0.15) is 154 Å². The van der Waals surface area contributed by atoms with Crippen LogP contribution < -0.4 is 21.4 Å². The molecule has 22 heteroatoms. The van der Waals surface area contributed by atoms with Crippen LogP contribution in [0.25, 0.3) is 0 Å². The first-order chi connectivity index (χ1) is 40.9. The zero-order chi connectivity index (χ0) is 66.2. The van der Waals surface area contributed by atoms with Crippen LogP contribution in [0.4, 0.5) is 0 Å². The van der Waals surface area contributed by atoms with Crippen LogP contribution in [-0.2, 0) is 70.0 Å². The summed E-state index contributed by atoms with van der Waals surface area (Å²) in [7, 11) is 4.90. The zero-order valence-corrected chi connectivity index (χ0v) is 56.1. The number of nitrogens with zero attached hydrogens (tertiary/aromatic N) is 5. The highest BCUT2D eigenvalue weighted by Crippen LogP contribution is 2.37. The molecule has 2 unspecified atom stereocenters. The van der Waals surface area contributed by atoms with E-state index in [1.165, 1.54) is 61.6 Å². The summed E-state index contributed by atoms with van der Waals surface area (Å²) in [5.74, 6) is -8.95. The van der Waals surface area contributed by atoms with Crippen LogP contribution in [0.2, 0.25) is 0 Å². The van der Waals surface area contributed by atoms with Crippen LogP contribution in [-0.4, -0.2) is 196 Å². The topological polar surface area (TPSA) is 254 Å². The lowest BCUT2D eigenvalue weighted by Gasteiger charge is -2.39. The fraction of sp³-hybridized carbons (Fsp3) is 0.682. The van der Waals surface area contributed by atoms with Crippen LogP contribution in [0.5, 0.6) is 0 Å². The molecule has 0 aliphatic carbocycles. The Morgan fingerprint density at radius 3 is 1.66 bits per heavy atom. The number of rotatable bonds is 14. The Morgan fingerprint density at radius 2 is 1.14 bits per heavy atom. The number of hydrogen-bond acceptors (Lipinski definition) is 13. The molecule has 3 aliphatic heterocycles.